The SMILES string of the molecule is CCC(=O)C(CCC[Si](OC)(OC)OC)(CCC[Si](OC)(OC)OC)CCC[Si](OC)(OC)OC. The fourth-order valence-electron chi connectivity index (χ4n) is 4.77. The number of hydrogen-bond donors (Lipinski definition) is 0. The molecule has 210 valence electrons. The predicted octanol–water partition coefficient (Wildman–Crippen LogP) is 3.93. The molecule has 0 bridgehead atoms. The standard InChI is InChI=1S/C22H50O10Si3/c1-11-21(23)22(15-12-18-33(24-2,25-3)26-4,16-13-19-34(27-5,28-6)29-7)17-14-20-35(30-8,31-9)32-10/h11-20H2,1-10H3. The average molecular weight is 559 g/mol. The zero-order valence-electron chi connectivity index (χ0n) is 23.7. The molecule has 0 fully saturated rings. The first-order chi connectivity index (χ1) is 16.6. The number of carbonyl (C=O) groups is 1. The third kappa shape index (κ3) is 9.98. The van der Waals surface area contributed by atoms with Crippen LogP contribution in [0.5, 0.6) is 0 Å². The summed E-state index contributed by atoms with van der Waals surface area (Å²) in [4.78, 5) is 13.5. The highest BCUT2D eigenvalue weighted by atomic mass is 28.4. The maximum atomic E-state index is 13.5. The van der Waals surface area contributed by atoms with Crippen LogP contribution in [0.4, 0.5) is 0 Å². The zero-order chi connectivity index (χ0) is 27.0. The summed E-state index contributed by atoms with van der Waals surface area (Å²) in [6.45, 7) is 1.92. The molecular weight excluding hydrogens is 508 g/mol. The Morgan fingerprint density at radius 3 is 0.914 bits per heavy atom. The highest BCUT2D eigenvalue weighted by Crippen LogP contribution is 2.41. The Hall–Kier alpha value is -0.0394. The quantitative estimate of drug-likeness (QED) is 0.172. The molecule has 0 saturated carbocycles. The molecular formula is C22H50O10Si3. The maximum absolute atomic E-state index is 13.5. The van der Waals surface area contributed by atoms with Gasteiger partial charge >= 0.3 is 26.4 Å². The second kappa shape index (κ2) is 17.5. The monoisotopic (exact) mass is 558 g/mol. The first-order valence-electron chi connectivity index (χ1n) is 12.1. The van der Waals surface area contributed by atoms with Crippen LogP contribution >= 0.6 is 0 Å². The minimum Gasteiger partial charge on any atom is -0.377 e. The van der Waals surface area contributed by atoms with Crippen molar-refractivity contribution in [1.29, 1.82) is 0 Å². The lowest BCUT2D eigenvalue weighted by Gasteiger charge is -2.35. The molecule has 0 unspecified atom stereocenters. The van der Waals surface area contributed by atoms with Crippen LogP contribution in [0, 0.1) is 5.41 Å². The Bertz CT molecular complexity index is 480. The Labute approximate surface area is 216 Å². The normalized spacial score (nSPS) is 13.4. The van der Waals surface area contributed by atoms with E-state index >= 15 is 0 Å². The molecule has 35 heavy (non-hydrogen) atoms. The number of hydrogen-bond acceptors (Lipinski definition) is 10. The molecule has 0 aliphatic heterocycles. The van der Waals surface area contributed by atoms with E-state index in [0.717, 1.165) is 19.3 Å². The second-order valence-electron chi connectivity index (χ2n) is 8.50. The highest BCUT2D eigenvalue weighted by molar-refractivity contribution is 6.61. The lowest BCUT2D eigenvalue weighted by Crippen LogP contribution is -2.44. The van der Waals surface area contributed by atoms with E-state index in [1.807, 2.05) is 6.92 Å². The molecule has 0 aromatic carbocycles. The van der Waals surface area contributed by atoms with Gasteiger partial charge in [-0.05, 0) is 38.5 Å². The minimum atomic E-state index is -2.74. The van der Waals surface area contributed by atoms with E-state index in [2.05, 4.69) is 0 Å². The minimum absolute atomic E-state index is 0.246. The fraction of sp³-hybridized carbons (Fsp3) is 0.955. The number of rotatable bonds is 23. The van der Waals surface area contributed by atoms with E-state index in [1.54, 1.807) is 64.0 Å². The van der Waals surface area contributed by atoms with Gasteiger partial charge in [0.15, 0.2) is 0 Å². The van der Waals surface area contributed by atoms with Gasteiger partial charge < -0.3 is 39.8 Å². The molecule has 0 radical (unpaired) electrons. The van der Waals surface area contributed by atoms with Gasteiger partial charge in [0.1, 0.15) is 5.78 Å². The number of carbonyl (C=O) groups excluding carboxylic acids is 1. The first kappa shape index (κ1) is 35.0. The third-order valence-corrected chi connectivity index (χ3v) is 15.6. The van der Waals surface area contributed by atoms with E-state index in [9.17, 15) is 4.79 Å². The molecule has 0 amide bonds. The van der Waals surface area contributed by atoms with Crippen LogP contribution in [0.25, 0.3) is 0 Å². The van der Waals surface area contributed by atoms with Crippen LogP contribution in [0.1, 0.15) is 51.9 Å². The molecule has 10 nitrogen and oxygen atoms in total. The van der Waals surface area contributed by atoms with Crippen molar-refractivity contribution in [3.05, 3.63) is 0 Å². The van der Waals surface area contributed by atoms with Gasteiger partial charge in [0.2, 0.25) is 0 Å². The van der Waals surface area contributed by atoms with E-state index in [-0.39, 0.29) is 5.78 Å². The first-order valence-corrected chi connectivity index (χ1v) is 17.9. The zero-order valence-corrected chi connectivity index (χ0v) is 26.7. The summed E-state index contributed by atoms with van der Waals surface area (Å²) in [5, 5.41) is 0. The molecule has 0 aromatic heterocycles. The Kier molecular flexibility index (Phi) is 17.4. The maximum Gasteiger partial charge on any atom is 0.500 e. The van der Waals surface area contributed by atoms with Crippen molar-refractivity contribution in [3.8, 4) is 0 Å². The molecule has 0 saturated heterocycles. The van der Waals surface area contributed by atoms with Gasteiger partial charge in [-0.25, -0.2) is 0 Å². The van der Waals surface area contributed by atoms with Gasteiger partial charge in [0.05, 0.1) is 0 Å². The van der Waals surface area contributed by atoms with Crippen LogP contribution < -0.4 is 0 Å². The second-order valence-corrected chi connectivity index (χ2v) is 17.8. The van der Waals surface area contributed by atoms with Gasteiger partial charge in [-0.2, -0.15) is 0 Å². The molecule has 13 heteroatoms. The van der Waals surface area contributed by atoms with Gasteiger partial charge in [-0.1, -0.05) is 6.92 Å². The summed E-state index contributed by atoms with van der Waals surface area (Å²) >= 11 is 0. The van der Waals surface area contributed by atoms with E-state index < -0.39 is 31.8 Å². The summed E-state index contributed by atoms with van der Waals surface area (Å²) in [6, 6.07) is 1.90. The molecule has 0 heterocycles. The molecule has 0 N–H and O–H groups in total. The van der Waals surface area contributed by atoms with E-state index in [0.29, 0.717) is 43.8 Å². The van der Waals surface area contributed by atoms with Gasteiger partial charge in [0, 0.05) is 94.0 Å². The Morgan fingerprint density at radius 2 is 0.743 bits per heavy atom. The fourth-order valence-corrected chi connectivity index (χ4v) is 9.93. The van der Waals surface area contributed by atoms with Crippen LogP contribution in [-0.4, -0.2) is 96.2 Å². The van der Waals surface area contributed by atoms with Gasteiger partial charge in [-0.3, -0.25) is 4.79 Å². The predicted molar refractivity (Wildman–Crippen MR) is 140 cm³/mol. The summed E-state index contributed by atoms with van der Waals surface area (Å²) < 4.78 is 50.4. The van der Waals surface area contributed by atoms with Crippen molar-refractivity contribution in [2.75, 3.05) is 64.0 Å². The largest absolute Gasteiger partial charge is 0.500 e. The summed E-state index contributed by atoms with van der Waals surface area (Å²) in [7, 11) is 6.28. The van der Waals surface area contributed by atoms with Crippen molar-refractivity contribution in [3.63, 3.8) is 0 Å². The van der Waals surface area contributed by atoms with Crippen molar-refractivity contribution >= 4 is 32.2 Å². The lowest BCUT2D eigenvalue weighted by molar-refractivity contribution is -0.130. The van der Waals surface area contributed by atoms with Gasteiger partial charge in [-0.15, -0.1) is 0 Å². The topological polar surface area (TPSA) is 100 Å². The van der Waals surface area contributed by atoms with Gasteiger partial charge in [0.25, 0.3) is 0 Å². The average Bonchev–Trinajstić information content (AvgIpc) is 2.91. The number of Topliss-reactive ketones (excluding diaryl/α,β-unsaturated/α-hetero) is 1. The van der Waals surface area contributed by atoms with Crippen LogP contribution in [0.15, 0.2) is 0 Å². The molecule has 0 rings (SSSR count). The third-order valence-electron chi connectivity index (χ3n) is 7.13. The molecule has 0 aliphatic rings. The highest BCUT2D eigenvalue weighted by Gasteiger charge is 2.44. The van der Waals surface area contributed by atoms with E-state index in [4.69, 9.17) is 39.8 Å². The molecule has 0 atom stereocenters. The Balaban J connectivity index is 5.78. The van der Waals surface area contributed by atoms with Crippen molar-refractivity contribution in [2.45, 2.75) is 70.0 Å². The van der Waals surface area contributed by atoms with Crippen LogP contribution in [0.3, 0.4) is 0 Å². The molecule has 0 aromatic rings. The summed E-state index contributed by atoms with van der Waals surface area (Å²) in [6.07, 6.45) is 4.81. The van der Waals surface area contributed by atoms with Crippen LogP contribution in [-0.2, 0) is 44.6 Å². The van der Waals surface area contributed by atoms with Crippen molar-refractivity contribution in [1.82, 2.24) is 0 Å². The van der Waals surface area contributed by atoms with Crippen LogP contribution in [0.2, 0.25) is 18.1 Å². The lowest BCUT2D eigenvalue weighted by atomic mass is 9.71. The molecule has 0 spiro atoms. The van der Waals surface area contributed by atoms with Crippen molar-refractivity contribution < 1.29 is 44.6 Å². The summed E-state index contributed by atoms with van der Waals surface area (Å²) in [5.74, 6) is 0.246. The Morgan fingerprint density at radius 1 is 0.514 bits per heavy atom. The molecule has 0 aliphatic carbocycles. The van der Waals surface area contributed by atoms with Crippen molar-refractivity contribution in [2.24, 2.45) is 5.41 Å². The summed E-state index contributed by atoms with van der Waals surface area (Å²) in [5.41, 5.74) is -0.519. The smallest absolute Gasteiger partial charge is 0.377 e. The number of ketones is 1. The van der Waals surface area contributed by atoms with E-state index in [1.165, 1.54) is 0 Å².